The van der Waals surface area contributed by atoms with Crippen LogP contribution in [0.3, 0.4) is 0 Å². The van der Waals surface area contributed by atoms with Crippen LogP contribution in [0.1, 0.15) is 18.9 Å². The normalized spacial score (nSPS) is 13.7. The molecule has 0 fully saturated rings. The highest BCUT2D eigenvalue weighted by Gasteiger charge is 1.82. The van der Waals surface area contributed by atoms with Gasteiger partial charge in [0.25, 0.3) is 0 Å². The molecule has 2 aromatic rings. The van der Waals surface area contributed by atoms with E-state index < -0.39 is 0 Å². The molecule has 2 rings (SSSR count). The van der Waals surface area contributed by atoms with Crippen LogP contribution in [-0.2, 0) is 0 Å². The van der Waals surface area contributed by atoms with E-state index in [0.29, 0.717) is 0 Å². The Balaban J connectivity index is 2.12. The molecule has 0 saturated heterocycles. The zero-order chi connectivity index (χ0) is 14.0. The molecule has 0 atom stereocenters. The Labute approximate surface area is 121 Å². The summed E-state index contributed by atoms with van der Waals surface area (Å²) in [6.45, 7) is 2.16. The predicted molar refractivity (Wildman–Crippen MR) is 89.5 cm³/mol. The summed E-state index contributed by atoms with van der Waals surface area (Å²) in [5.74, 6) is 0. The molecule has 0 nitrogen and oxygen atoms in total. The molecule has 0 aliphatic heterocycles. The predicted octanol–water partition coefficient (Wildman–Crippen LogP) is 3.93. The monoisotopic (exact) mass is 260 g/mol. The molecule has 0 amide bonds. The van der Waals surface area contributed by atoms with Gasteiger partial charge >= 0.3 is 0 Å². The zero-order valence-electron chi connectivity index (χ0n) is 11.9. The van der Waals surface area contributed by atoms with E-state index in [1.165, 1.54) is 16.0 Å². The van der Waals surface area contributed by atoms with Gasteiger partial charge in [-0.05, 0) is 22.4 Å². The average molecular weight is 260 g/mol. The van der Waals surface area contributed by atoms with Gasteiger partial charge in [0.15, 0.2) is 0 Å². The van der Waals surface area contributed by atoms with Crippen molar-refractivity contribution < 1.29 is 0 Å². The molecule has 2 aromatic carbocycles. The molecule has 100 valence electrons. The third-order valence-corrected chi connectivity index (χ3v) is 3.01. The lowest BCUT2D eigenvalue weighted by atomic mass is 10.2. The molecule has 0 N–H and O–H groups in total. The lowest BCUT2D eigenvalue weighted by molar-refractivity contribution is 1.28. The first-order valence-electron chi connectivity index (χ1n) is 7.05. The second kappa shape index (κ2) is 7.96. The van der Waals surface area contributed by atoms with Gasteiger partial charge in [-0.3, -0.25) is 0 Å². The van der Waals surface area contributed by atoms with Gasteiger partial charge in [0.05, 0.1) is 0 Å². The van der Waals surface area contributed by atoms with Crippen LogP contribution in [-0.4, -0.2) is 0 Å². The highest BCUT2D eigenvalue weighted by molar-refractivity contribution is 5.52. The summed E-state index contributed by atoms with van der Waals surface area (Å²) >= 11 is 0. The van der Waals surface area contributed by atoms with Crippen LogP contribution in [0.4, 0.5) is 0 Å². The first-order chi connectivity index (χ1) is 9.90. The Morgan fingerprint density at radius 2 is 1.45 bits per heavy atom. The third kappa shape index (κ3) is 4.40. The lowest BCUT2D eigenvalue weighted by Gasteiger charge is -1.89. The van der Waals surface area contributed by atoms with Gasteiger partial charge in [-0.2, -0.15) is 0 Å². The van der Waals surface area contributed by atoms with Crippen molar-refractivity contribution in [3.63, 3.8) is 0 Å². The molecule has 0 spiro atoms. The van der Waals surface area contributed by atoms with Crippen LogP contribution in [0.2, 0.25) is 0 Å². The maximum absolute atomic E-state index is 2.25. The van der Waals surface area contributed by atoms with Gasteiger partial charge in [0.2, 0.25) is 0 Å². The number of allylic oxidation sites excluding steroid dienone is 3. The van der Waals surface area contributed by atoms with E-state index in [9.17, 15) is 0 Å². The summed E-state index contributed by atoms with van der Waals surface area (Å²) in [6.07, 6.45) is 13.8. The van der Waals surface area contributed by atoms with Crippen molar-refractivity contribution in [1.82, 2.24) is 0 Å². The second-order valence-corrected chi connectivity index (χ2v) is 4.56. The van der Waals surface area contributed by atoms with Crippen molar-refractivity contribution >= 4 is 18.2 Å². The molecule has 0 unspecified atom stereocenters. The van der Waals surface area contributed by atoms with Gasteiger partial charge in [-0.15, -0.1) is 0 Å². The van der Waals surface area contributed by atoms with E-state index in [1.54, 1.807) is 0 Å². The summed E-state index contributed by atoms with van der Waals surface area (Å²) in [7, 11) is 0. The minimum atomic E-state index is 1.06. The SMILES string of the molecule is CC/C=c1/cccc/c1=C/C=C/C=C/c1ccccc1. The summed E-state index contributed by atoms with van der Waals surface area (Å²) in [5, 5.41) is 2.56. The fraction of sp³-hybridized carbons (Fsp3) is 0.100. The largest absolute Gasteiger partial charge is 0.0769 e. The Bertz CT molecular complexity index is 688. The molecular weight excluding hydrogens is 240 g/mol. The van der Waals surface area contributed by atoms with Crippen LogP contribution >= 0.6 is 0 Å². The van der Waals surface area contributed by atoms with E-state index in [2.05, 4.69) is 79.8 Å². The molecule has 0 aliphatic rings. The van der Waals surface area contributed by atoms with Gasteiger partial charge in [-0.25, -0.2) is 0 Å². The molecule has 0 bridgehead atoms. The summed E-state index contributed by atoms with van der Waals surface area (Å²) in [6, 6.07) is 18.8. The minimum Gasteiger partial charge on any atom is -0.0769 e. The minimum absolute atomic E-state index is 1.06. The number of benzene rings is 2. The molecule has 20 heavy (non-hydrogen) atoms. The average Bonchev–Trinajstić information content (AvgIpc) is 2.50. The quantitative estimate of drug-likeness (QED) is 0.731. The Kier molecular flexibility index (Phi) is 5.60. The number of rotatable bonds is 4. The van der Waals surface area contributed by atoms with Gasteiger partial charge in [-0.1, -0.05) is 98.0 Å². The first kappa shape index (κ1) is 14.1. The van der Waals surface area contributed by atoms with Crippen molar-refractivity contribution in [2.75, 3.05) is 0 Å². The fourth-order valence-corrected chi connectivity index (χ4v) is 2.02. The van der Waals surface area contributed by atoms with Gasteiger partial charge in [0.1, 0.15) is 0 Å². The van der Waals surface area contributed by atoms with Crippen molar-refractivity contribution in [1.29, 1.82) is 0 Å². The summed E-state index contributed by atoms with van der Waals surface area (Å²) < 4.78 is 0. The first-order valence-corrected chi connectivity index (χ1v) is 7.05. The molecule has 0 heteroatoms. The molecule has 0 heterocycles. The van der Waals surface area contributed by atoms with Crippen molar-refractivity contribution in [3.05, 3.63) is 88.8 Å². The highest BCUT2D eigenvalue weighted by Crippen LogP contribution is 2.00. The Morgan fingerprint density at radius 3 is 2.20 bits per heavy atom. The topological polar surface area (TPSA) is 0 Å². The van der Waals surface area contributed by atoms with Crippen molar-refractivity contribution in [2.45, 2.75) is 13.3 Å². The van der Waals surface area contributed by atoms with E-state index in [0.717, 1.165) is 6.42 Å². The van der Waals surface area contributed by atoms with E-state index in [1.807, 2.05) is 18.2 Å². The van der Waals surface area contributed by atoms with Crippen LogP contribution in [0.25, 0.3) is 18.2 Å². The maximum atomic E-state index is 2.25. The summed E-state index contributed by atoms with van der Waals surface area (Å²) in [5.41, 5.74) is 1.22. The van der Waals surface area contributed by atoms with Crippen LogP contribution in [0, 0.1) is 0 Å². The van der Waals surface area contributed by atoms with E-state index in [4.69, 9.17) is 0 Å². The molecule has 0 saturated carbocycles. The smallest absolute Gasteiger partial charge is 0.0187 e. The van der Waals surface area contributed by atoms with Crippen LogP contribution in [0.5, 0.6) is 0 Å². The number of hydrogen-bond donors (Lipinski definition) is 0. The Hall–Kier alpha value is -2.34. The van der Waals surface area contributed by atoms with E-state index in [-0.39, 0.29) is 0 Å². The molecule has 0 aliphatic carbocycles. The standard InChI is InChI=1S/C20H20/c1-2-11-19-16-9-10-17-20(19)15-8-4-7-14-18-12-5-3-6-13-18/h3-17H,2H2,1H3/b8-4+,14-7+,19-11-,20-15-. The summed E-state index contributed by atoms with van der Waals surface area (Å²) in [4.78, 5) is 0. The second-order valence-electron chi connectivity index (χ2n) is 4.56. The van der Waals surface area contributed by atoms with Gasteiger partial charge < -0.3 is 0 Å². The zero-order valence-corrected chi connectivity index (χ0v) is 11.9. The Morgan fingerprint density at radius 1 is 0.750 bits per heavy atom. The molecular formula is C20H20. The van der Waals surface area contributed by atoms with Gasteiger partial charge in [0, 0.05) is 0 Å². The van der Waals surface area contributed by atoms with Crippen LogP contribution in [0.15, 0.2) is 72.8 Å². The molecule has 0 aromatic heterocycles. The maximum Gasteiger partial charge on any atom is -0.0187 e. The highest BCUT2D eigenvalue weighted by atomic mass is 13.9. The fourth-order valence-electron chi connectivity index (χ4n) is 2.02. The van der Waals surface area contributed by atoms with E-state index >= 15 is 0 Å². The van der Waals surface area contributed by atoms with Crippen molar-refractivity contribution in [2.24, 2.45) is 0 Å². The number of hydrogen-bond acceptors (Lipinski definition) is 0. The van der Waals surface area contributed by atoms with Crippen LogP contribution < -0.4 is 10.4 Å². The lowest BCUT2D eigenvalue weighted by Crippen LogP contribution is -2.22. The molecule has 0 radical (unpaired) electrons. The van der Waals surface area contributed by atoms with Crippen molar-refractivity contribution in [3.8, 4) is 0 Å². The third-order valence-electron chi connectivity index (χ3n) is 3.01.